The summed E-state index contributed by atoms with van der Waals surface area (Å²) >= 11 is 0. The lowest BCUT2D eigenvalue weighted by Crippen LogP contribution is -2.17. The Morgan fingerprint density at radius 1 is 1.06 bits per heavy atom. The van der Waals surface area contributed by atoms with Crippen LogP contribution in [0.3, 0.4) is 0 Å². The number of halogens is 2. The smallest absolute Gasteiger partial charge is 0.328 e. The van der Waals surface area contributed by atoms with Crippen molar-refractivity contribution in [3.05, 3.63) is 67.1 Å². The first-order valence-corrected chi connectivity index (χ1v) is 10.8. The van der Waals surface area contributed by atoms with Crippen LogP contribution in [0.1, 0.15) is 25.3 Å². The number of carbonyl (C=O) groups is 1. The molecule has 0 saturated heterocycles. The van der Waals surface area contributed by atoms with E-state index in [1.807, 2.05) is 42.5 Å². The molecule has 1 atom stereocenters. The fourth-order valence-electron chi connectivity index (χ4n) is 3.71. The van der Waals surface area contributed by atoms with E-state index < -0.39 is 24.3 Å². The fraction of sp³-hybridized carbons (Fsp3) is 0.167. The Morgan fingerprint density at radius 3 is 2.47 bits per heavy atom. The van der Waals surface area contributed by atoms with Gasteiger partial charge in [0.15, 0.2) is 0 Å². The lowest BCUT2D eigenvalue weighted by Gasteiger charge is -2.14. The Kier molecular flexibility index (Phi) is 6.07. The van der Waals surface area contributed by atoms with Gasteiger partial charge in [0.2, 0.25) is 5.95 Å². The van der Waals surface area contributed by atoms with E-state index >= 15 is 0 Å². The summed E-state index contributed by atoms with van der Waals surface area (Å²) in [5, 5.41) is 10.0. The summed E-state index contributed by atoms with van der Waals surface area (Å²) in [5.41, 5.74) is 4.14. The first-order chi connectivity index (χ1) is 17.4. The van der Waals surface area contributed by atoms with E-state index in [0.717, 1.165) is 11.1 Å². The molecule has 0 aliphatic carbocycles. The second kappa shape index (κ2) is 9.49. The normalized spacial score (nSPS) is 12.1. The van der Waals surface area contributed by atoms with Gasteiger partial charge in [-0.3, -0.25) is 0 Å². The van der Waals surface area contributed by atoms with Crippen LogP contribution in [-0.2, 0) is 9.53 Å². The number of hydrogen-bond acceptors (Lipinski definition) is 9. The number of methoxy groups -OCH3 is 1. The summed E-state index contributed by atoms with van der Waals surface area (Å²) in [4.78, 5) is 25.2. The number of imidazole rings is 1. The van der Waals surface area contributed by atoms with Gasteiger partial charge in [-0.25, -0.2) is 19.7 Å². The van der Waals surface area contributed by atoms with Gasteiger partial charge in [0.05, 0.1) is 30.0 Å². The average molecular weight is 491 g/mol. The van der Waals surface area contributed by atoms with Gasteiger partial charge < -0.3 is 19.0 Å². The summed E-state index contributed by atoms with van der Waals surface area (Å²) in [6, 6.07) is 12.8. The number of ether oxygens (including phenoxy) is 1. The largest absolute Gasteiger partial charge is 0.467 e. The second-order valence-corrected chi connectivity index (χ2v) is 7.78. The second-order valence-electron chi connectivity index (χ2n) is 7.78. The van der Waals surface area contributed by atoms with Crippen molar-refractivity contribution in [2.75, 3.05) is 12.4 Å². The number of hydrogen-bond donors (Lipinski definition) is 1. The molecule has 2 aromatic carbocycles. The predicted octanol–water partition coefficient (Wildman–Crippen LogP) is 4.96. The zero-order chi connectivity index (χ0) is 25.2. The Balaban J connectivity index is 1.52. The first kappa shape index (κ1) is 23.0. The molecule has 3 aromatic heterocycles. The Hall–Kier alpha value is -4.74. The van der Waals surface area contributed by atoms with E-state index in [0.29, 0.717) is 22.3 Å². The van der Waals surface area contributed by atoms with Crippen molar-refractivity contribution in [3.63, 3.8) is 0 Å². The van der Waals surface area contributed by atoms with Crippen LogP contribution in [0.25, 0.3) is 33.6 Å². The topological polar surface area (TPSA) is 121 Å². The van der Waals surface area contributed by atoms with Crippen molar-refractivity contribution in [1.29, 1.82) is 0 Å². The molecule has 5 rings (SSSR count). The van der Waals surface area contributed by atoms with E-state index in [4.69, 9.17) is 9.15 Å². The maximum atomic E-state index is 12.7. The number of benzene rings is 2. The molecule has 1 N–H and O–H groups in total. The van der Waals surface area contributed by atoms with Crippen LogP contribution in [0.15, 0.2) is 65.6 Å². The molecule has 0 amide bonds. The highest BCUT2D eigenvalue weighted by atomic mass is 19.3. The highest BCUT2D eigenvalue weighted by molar-refractivity contribution is 5.96. The van der Waals surface area contributed by atoms with Crippen LogP contribution >= 0.6 is 0 Å². The molecule has 0 aliphatic heterocycles. The summed E-state index contributed by atoms with van der Waals surface area (Å²) in [5.74, 6) is -1.03. The number of esters is 1. The third-order valence-corrected chi connectivity index (χ3v) is 5.51. The van der Waals surface area contributed by atoms with E-state index in [1.54, 1.807) is 17.8 Å². The molecule has 0 aliphatic rings. The lowest BCUT2D eigenvalue weighted by molar-refractivity contribution is -0.143. The van der Waals surface area contributed by atoms with Crippen LogP contribution in [-0.4, -0.2) is 42.8 Å². The third-order valence-electron chi connectivity index (χ3n) is 5.51. The molecule has 12 heteroatoms. The van der Waals surface area contributed by atoms with Crippen molar-refractivity contribution in [2.24, 2.45) is 0 Å². The minimum Gasteiger partial charge on any atom is -0.467 e. The molecule has 3 heterocycles. The van der Waals surface area contributed by atoms with Gasteiger partial charge in [-0.2, -0.15) is 8.78 Å². The van der Waals surface area contributed by atoms with Crippen molar-refractivity contribution >= 4 is 28.6 Å². The molecule has 36 heavy (non-hydrogen) atoms. The molecular formula is C24H19F2N7O3. The molecule has 0 spiro atoms. The quantitative estimate of drug-likeness (QED) is 0.315. The number of nitrogens with one attached hydrogen (secondary N) is 1. The van der Waals surface area contributed by atoms with Crippen LogP contribution < -0.4 is 5.32 Å². The number of aromatic nitrogens is 6. The standard InChI is InChI=1S/C24H19F2N7O3/c1-13(23(34)35-2)33-12-29-19-17(14-6-4-3-5-7-14)8-16(9-18(19)33)30-24-27-10-15(11-28-24)21-31-32-22(36-21)20(25)26/h3-13,20H,1-2H3,(H,27,28,30). The van der Waals surface area contributed by atoms with E-state index in [-0.39, 0.29) is 11.8 Å². The molecule has 10 nitrogen and oxygen atoms in total. The summed E-state index contributed by atoms with van der Waals surface area (Å²) in [6.45, 7) is 1.73. The monoisotopic (exact) mass is 491 g/mol. The molecule has 0 radical (unpaired) electrons. The van der Waals surface area contributed by atoms with Crippen LogP contribution in [0.4, 0.5) is 20.4 Å². The van der Waals surface area contributed by atoms with Crippen molar-refractivity contribution in [2.45, 2.75) is 19.4 Å². The SMILES string of the molecule is COC(=O)C(C)n1cnc2c(-c3ccccc3)cc(Nc3ncc(-c4nnc(C(F)F)o4)cn3)cc21. The van der Waals surface area contributed by atoms with Crippen LogP contribution in [0.2, 0.25) is 0 Å². The van der Waals surface area contributed by atoms with Gasteiger partial charge in [0, 0.05) is 23.6 Å². The highest BCUT2D eigenvalue weighted by Gasteiger charge is 2.21. The number of rotatable bonds is 7. The molecule has 0 saturated carbocycles. The highest BCUT2D eigenvalue weighted by Crippen LogP contribution is 2.33. The molecule has 0 bridgehead atoms. The van der Waals surface area contributed by atoms with Gasteiger partial charge in [-0.15, -0.1) is 10.2 Å². The third kappa shape index (κ3) is 4.35. The number of carbonyl (C=O) groups excluding carboxylic acids is 1. The Bertz CT molecular complexity index is 1520. The summed E-state index contributed by atoms with van der Waals surface area (Å²) in [7, 11) is 1.34. The minimum absolute atomic E-state index is 0.106. The minimum atomic E-state index is -2.86. The van der Waals surface area contributed by atoms with Gasteiger partial charge >= 0.3 is 12.4 Å². The maximum Gasteiger partial charge on any atom is 0.328 e. The van der Waals surface area contributed by atoms with Gasteiger partial charge in [-0.1, -0.05) is 30.3 Å². The van der Waals surface area contributed by atoms with Gasteiger partial charge in [0.25, 0.3) is 11.8 Å². The Morgan fingerprint density at radius 2 is 1.81 bits per heavy atom. The van der Waals surface area contributed by atoms with E-state index in [1.165, 1.54) is 19.5 Å². The molecule has 5 aromatic rings. The van der Waals surface area contributed by atoms with Crippen LogP contribution in [0, 0.1) is 0 Å². The summed E-state index contributed by atoms with van der Waals surface area (Å²) in [6.07, 6.45) is 1.51. The number of nitrogens with zero attached hydrogens (tertiary/aromatic N) is 6. The fourth-order valence-corrected chi connectivity index (χ4v) is 3.71. The molecule has 1 unspecified atom stereocenters. The molecule has 0 fully saturated rings. The van der Waals surface area contributed by atoms with Gasteiger partial charge in [-0.05, 0) is 24.6 Å². The van der Waals surface area contributed by atoms with Crippen molar-refractivity contribution in [1.82, 2.24) is 29.7 Å². The maximum absolute atomic E-state index is 12.7. The van der Waals surface area contributed by atoms with Crippen molar-refractivity contribution < 1.29 is 22.7 Å². The van der Waals surface area contributed by atoms with E-state index in [9.17, 15) is 13.6 Å². The number of fused-ring (bicyclic) bond motifs is 1. The Labute approximate surface area is 203 Å². The van der Waals surface area contributed by atoms with Crippen molar-refractivity contribution in [3.8, 4) is 22.6 Å². The van der Waals surface area contributed by atoms with E-state index in [2.05, 4.69) is 30.5 Å². The zero-order valence-corrected chi connectivity index (χ0v) is 19.1. The lowest BCUT2D eigenvalue weighted by atomic mass is 10.0. The van der Waals surface area contributed by atoms with Crippen LogP contribution in [0.5, 0.6) is 0 Å². The van der Waals surface area contributed by atoms with Gasteiger partial charge in [0.1, 0.15) is 6.04 Å². The predicted molar refractivity (Wildman–Crippen MR) is 125 cm³/mol. The first-order valence-electron chi connectivity index (χ1n) is 10.8. The summed E-state index contributed by atoms with van der Waals surface area (Å²) < 4.78 is 37.0. The number of anilines is 2. The average Bonchev–Trinajstić information content (AvgIpc) is 3.56. The number of alkyl halides is 2. The zero-order valence-electron chi connectivity index (χ0n) is 19.1. The molecular weight excluding hydrogens is 472 g/mol. The molecule has 182 valence electrons.